The molecule has 0 saturated carbocycles. The second-order valence-electron chi connectivity index (χ2n) is 11.0. The summed E-state index contributed by atoms with van der Waals surface area (Å²) in [7, 11) is -0.766. The number of methoxy groups -OCH3 is 1. The second-order valence-corrected chi connectivity index (χ2v) is 14.6. The summed E-state index contributed by atoms with van der Waals surface area (Å²) < 4.78 is 18.3. The van der Waals surface area contributed by atoms with Crippen LogP contribution in [0, 0.1) is 12.8 Å². The van der Waals surface area contributed by atoms with Crippen molar-refractivity contribution in [3.8, 4) is 0 Å². The highest BCUT2D eigenvalue weighted by Gasteiger charge is 2.19. The van der Waals surface area contributed by atoms with Gasteiger partial charge in [-0.05, 0) is 93.7 Å². The van der Waals surface area contributed by atoms with Crippen molar-refractivity contribution >= 4 is 47.2 Å². The lowest BCUT2D eigenvalue weighted by Crippen LogP contribution is -2.22. The molecule has 4 N–H and O–H groups in total. The van der Waals surface area contributed by atoms with Gasteiger partial charge in [0.1, 0.15) is 12.2 Å². The van der Waals surface area contributed by atoms with Crippen LogP contribution in [0.25, 0.3) is 0 Å². The molecule has 0 aliphatic heterocycles. The van der Waals surface area contributed by atoms with Crippen LogP contribution in [-0.4, -0.2) is 43.1 Å². The molecule has 210 valence electrons. The quantitative estimate of drug-likeness (QED) is 0.172. The SMILES string of the molecule is CO[C@H](CN)CCC[C@H]1CCc2ccc(Nc3ncc(Cl)c(Nc4ccc(C)cc4P(C)(C)=O)n3)cc2CC1. The van der Waals surface area contributed by atoms with E-state index in [2.05, 4.69) is 38.8 Å². The van der Waals surface area contributed by atoms with Gasteiger partial charge in [0.2, 0.25) is 5.95 Å². The molecule has 0 saturated heterocycles. The maximum absolute atomic E-state index is 12.9. The molecule has 1 aliphatic rings. The van der Waals surface area contributed by atoms with Crippen molar-refractivity contribution in [2.45, 2.75) is 58.0 Å². The second kappa shape index (κ2) is 13.3. The molecule has 0 bridgehead atoms. The summed E-state index contributed by atoms with van der Waals surface area (Å²) in [5.74, 6) is 1.65. The first-order valence-electron chi connectivity index (χ1n) is 13.7. The van der Waals surface area contributed by atoms with Gasteiger partial charge in [-0.1, -0.05) is 42.1 Å². The van der Waals surface area contributed by atoms with Crippen molar-refractivity contribution in [3.63, 3.8) is 0 Å². The number of hydrogen-bond acceptors (Lipinski definition) is 7. The van der Waals surface area contributed by atoms with Gasteiger partial charge in [0.15, 0.2) is 5.82 Å². The Bertz CT molecular complexity index is 1320. The Hall–Kier alpha value is -2.44. The predicted octanol–water partition coefficient (Wildman–Crippen LogP) is 6.81. The van der Waals surface area contributed by atoms with Gasteiger partial charge in [0.05, 0.1) is 18.0 Å². The summed E-state index contributed by atoms with van der Waals surface area (Å²) in [6, 6.07) is 12.4. The number of benzene rings is 2. The number of aryl methyl sites for hydroxylation is 3. The molecule has 2 atom stereocenters. The van der Waals surface area contributed by atoms with Crippen molar-refractivity contribution in [1.29, 1.82) is 0 Å². The minimum absolute atomic E-state index is 0.173. The maximum atomic E-state index is 12.9. The van der Waals surface area contributed by atoms with E-state index in [-0.39, 0.29) is 6.10 Å². The molecule has 2 aromatic carbocycles. The number of anilines is 4. The van der Waals surface area contributed by atoms with Crippen LogP contribution in [0.4, 0.5) is 23.1 Å². The van der Waals surface area contributed by atoms with Gasteiger partial charge >= 0.3 is 0 Å². The average molecular weight is 570 g/mol. The van der Waals surface area contributed by atoms with E-state index in [1.54, 1.807) is 26.6 Å². The van der Waals surface area contributed by atoms with E-state index < -0.39 is 7.14 Å². The first-order chi connectivity index (χ1) is 18.7. The summed E-state index contributed by atoms with van der Waals surface area (Å²) >= 11 is 6.45. The number of aromatic nitrogens is 2. The highest BCUT2D eigenvalue weighted by atomic mass is 35.5. The van der Waals surface area contributed by atoms with Gasteiger partial charge in [0, 0.05) is 24.6 Å². The van der Waals surface area contributed by atoms with Crippen LogP contribution in [-0.2, 0) is 22.1 Å². The van der Waals surface area contributed by atoms with Crippen molar-refractivity contribution in [2.24, 2.45) is 11.7 Å². The lowest BCUT2D eigenvalue weighted by molar-refractivity contribution is 0.0982. The molecule has 0 spiro atoms. The zero-order valence-electron chi connectivity index (χ0n) is 23.5. The van der Waals surface area contributed by atoms with E-state index in [1.807, 2.05) is 25.1 Å². The Labute approximate surface area is 237 Å². The van der Waals surface area contributed by atoms with Gasteiger partial charge in [0.25, 0.3) is 0 Å². The number of rotatable bonds is 11. The van der Waals surface area contributed by atoms with Crippen LogP contribution in [0.3, 0.4) is 0 Å². The lowest BCUT2D eigenvalue weighted by atomic mass is 9.93. The van der Waals surface area contributed by atoms with Crippen molar-refractivity contribution in [2.75, 3.05) is 37.6 Å². The Morgan fingerprint density at radius 1 is 1.13 bits per heavy atom. The minimum Gasteiger partial charge on any atom is -0.380 e. The van der Waals surface area contributed by atoms with Crippen LogP contribution in [0.15, 0.2) is 42.6 Å². The Morgan fingerprint density at radius 2 is 1.90 bits per heavy atom. The van der Waals surface area contributed by atoms with E-state index >= 15 is 0 Å². The number of hydrogen-bond donors (Lipinski definition) is 3. The van der Waals surface area contributed by atoms with Gasteiger partial charge in [-0.15, -0.1) is 0 Å². The van der Waals surface area contributed by atoms with Gasteiger partial charge in [-0.2, -0.15) is 4.98 Å². The monoisotopic (exact) mass is 569 g/mol. The van der Waals surface area contributed by atoms with Crippen LogP contribution in [0.1, 0.15) is 48.8 Å². The fraction of sp³-hybridized carbons (Fsp3) is 0.467. The number of fused-ring (bicyclic) bond motifs is 1. The molecule has 4 rings (SSSR count). The molecule has 0 radical (unpaired) electrons. The van der Waals surface area contributed by atoms with Gasteiger partial charge in [-0.25, -0.2) is 4.98 Å². The maximum Gasteiger partial charge on any atom is 0.229 e. The molecule has 0 amide bonds. The van der Waals surface area contributed by atoms with Gasteiger partial charge in [-0.3, -0.25) is 0 Å². The first kappa shape index (κ1) is 29.5. The number of nitrogens with zero attached hydrogens (tertiary/aromatic N) is 2. The summed E-state index contributed by atoms with van der Waals surface area (Å²) in [6.45, 7) is 6.11. The Morgan fingerprint density at radius 3 is 2.62 bits per heavy atom. The van der Waals surface area contributed by atoms with Crippen LogP contribution >= 0.6 is 18.7 Å². The molecule has 0 fully saturated rings. The fourth-order valence-corrected chi connectivity index (χ4v) is 6.63. The number of halogens is 1. The molecule has 3 aromatic rings. The summed E-state index contributed by atoms with van der Waals surface area (Å²) in [4.78, 5) is 9.04. The van der Waals surface area contributed by atoms with Crippen molar-refractivity contribution in [1.82, 2.24) is 9.97 Å². The van der Waals surface area contributed by atoms with E-state index in [4.69, 9.17) is 22.1 Å². The Kier molecular flexibility index (Phi) is 10.1. The summed E-state index contributed by atoms with van der Waals surface area (Å²) in [5, 5.41) is 7.80. The average Bonchev–Trinajstić information content (AvgIpc) is 3.11. The molecule has 0 unspecified atom stereocenters. The molecule has 9 heteroatoms. The molecule has 1 aromatic heterocycles. The van der Waals surface area contributed by atoms with Crippen molar-refractivity contribution < 1.29 is 9.30 Å². The van der Waals surface area contributed by atoms with E-state index in [1.165, 1.54) is 30.4 Å². The molecular formula is C30H41ClN5O2P. The van der Waals surface area contributed by atoms with Crippen molar-refractivity contribution in [3.05, 3.63) is 64.3 Å². The van der Waals surface area contributed by atoms with E-state index in [9.17, 15) is 4.57 Å². The fourth-order valence-electron chi connectivity index (χ4n) is 5.26. The molecule has 39 heavy (non-hydrogen) atoms. The van der Waals surface area contributed by atoms with Crippen LogP contribution < -0.4 is 21.7 Å². The standard InChI is InChI=1S/C30H41ClN5O2P/c1-20-8-15-27(28(16-20)39(3,4)37)35-29-26(31)19-33-30(36-29)34-24-14-13-22-11-9-21(10-12-23(22)17-24)6-5-7-25(18-32)38-2/h8,13-17,19,21,25H,5-7,9-12,18,32H2,1-4H3,(H2,33,34,35,36)/t21-,25-/m0/s1. The smallest absolute Gasteiger partial charge is 0.229 e. The third kappa shape index (κ3) is 8.04. The summed E-state index contributed by atoms with van der Waals surface area (Å²) in [5.41, 5.74) is 11.3. The van der Waals surface area contributed by atoms with Crippen LogP contribution in [0.5, 0.6) is 0 Å². The zero-order valence-corrected chi connectivity index (χ0v) is 25.1. The predicted molar refractivity (Wildman–Crippen MR) is 164 cm³/mol. The normalized spacial score (nSPS) is 16.3. The number of nitrogens with one attached hydrogen (secondary N) is 2. The third-order valence-corrected chi connectivity index (χ3v) is 9.38. The largest absolute Gasteiger partial charge is 0.380 e. The van der Waals surface area contributed by atoms with Crippen LogP contribution in [0.2, 0.25) is 5.02 Å². The molecular weight excluding hydrogens is 529 g/mol. The molecule has 7 nitrogen and oxygen atoms in total. The summed E-state index contributed by atoms with van der Waals surface area (Å²) in [6.07, 6.45) is 9.76. The molecule has 1 heterocycles. The Balaban J connectivity index is 1.43. The van der Waals surface area contributed by atoms with E-state index in [0.717, 1.165) is 53.8 Å². The van der Waals surface area contributed by atoms with Gasteiger partial charge < -0.3 is 25.7 Å². The van der Waals surface area contributed by atoms with E-state index in [0.29, 0.717) is 23.3 Å². The third-order valence-electron chi connectivity index (χ3n) is 7.57. The topological polar surface area (TPSA) is 102 Å². The number of ether oxygens (including phenoxy) is 1. The molecule has 1 aliphatic carbocycles. The lowest BCUT2D eigenvalue weighted by Gasteiger charge is -2.17. The number of nitrogens with two attached hydrogens (primary N) is 1. The first-order valence-corrected chi connectivity index (χ1v) is 16.7. The zero-order chi connectivity index (χ0) is 28.0. The highest BCUT2D eigenvalue weighted by molar-refractivity contribution is 7.70. The minimum atomic E-state index is -2.51. The highest BCUT2D eigenvalue weighted by Crippen LogP contribution is 2.39.